The average Bonchev–Trinajstić information content (AvgIpc) is 3.43. The molecule has 0 aliphatic carbocycles. The number of aromatic nitrogens is 2. The van der Waals surface area contributed by atoms with Crippen molar-refractivity contribution in [2.45, 2.75) is 62.9 Å². The summed E-state index contributed by atoms with van der Waals surface area (Å²) in [7, 11) is 1.80. The standard InChI is InChI=1S/C20H21F3N4O.C5H8O5.CO2/c1-12-11-16(13-3-5-14(6-4-13)20(21,22)23)25-17(24-12)15-7-8-19(26-15)9-10-27(2)18(19)28;1-5(10,4(8)9)2-3(6)7;2-1-3/h3-6,11,15,26H,7-10H2,1-2H3;10H,2H2,1H3,(H,6,7)(H,8,9);/t15-,19+;;/m1../s1. The lowest BCUT2D eigenvalue weighted by atomic mass is 9.96. The number of amides is 1. The number of nitrogens with zero attached hydrogens (tertiary/aromatic N) is 3. The number of benzene rings is 1. The zero-order valence-electron chi connectivity index (χ0n) is 22.4. The van der Waals surface area contributed by atoms with Gasteiger partial charge < -0.3 is 20.2 Å². The molecule has 3 atom stereocenters. The molecule has 0 saturated carbocycles. The summed E-state index contributed by atoms with van der Waals surface area (Å²) in [5.74, 6) is -2.19. The minimum absolute atomic E-state index is 0.102. The molecule has 12 nitrogen and oxygen atoms in total. The van der Waals surface area contributed by atoms with Crippen LogP contribution in [0.25, 0.3) is 11.3 Å². The lowest BCUT2D eigenvalue weighted by Crippen LogP contribution is -2.47. The molecule has 2 aliphatic rings. The summed E-state index contributed by atoms with van der Waals surface area (Å²) in [5.41, 5.74) is -1.48. The fourth-order valence-electron chi connectivity index (χ4n) is 4.46. The van der Waals surface area contributed by atoms with Gasteiger partial charge in [-0.05, 0) is 51.3 Å². The van der Waals surface area contributed by atoms with Crippen LogP contribution in [0.4, 0.5) is 13.2 Å². The monoisotopic (exact) mass is 582 g/mol. The molecule has 2 saturated heterocycles. The second kappa shape index (κ2) is 13.0. The normalized spacial score (nSPS) is 21.2. The quantitative estimate of drug-likeness (QED) is 0.405. The molecule has 4 rings (SSSR count). The van der Waals surface area contributed by atoms with E-state index in [1.165, 1.54) is 12.1 Å². The van der Waals surface area contributed by atoms with Crippen LogP contribution >= 0.6 is 0 Å². The number of hydrogen-bond acceptors (Lipinski definition) is 9. The molecule has 0 radical (unpaired) electrons. The number of aliphatic carboxylic acids is 2. The van der Waals surface area contributed by atoms with Crippen molar-refractivity contribution >= 4 is 24.0 Å². The van der Waals surface area contributed by atoms with Crippen LogP contribution in [0.3, 0.4) is 0 Å². The van der Waals surface area contributed by atoms with E-state index >= 15 is 0 Å². The van der Waals surface area contributed by atoms with Crippen LogP contribution < -0.4 is 5.32 Å². The number of halogens is 3. The van der Waals surface area contributed by atoms with E-state index in [0.717, 1.165) is 50.6 Å². The molecular formula is C26H29F3N4O8. The first-order chi connectivity index (χ1) is 19.0. The Morgan fingerprint density at radius 1 is 1.15 bits per heavy atom. The van der Waals surface area contributed by atoms with Crippen molar-refractivity contribution in [3.8, 4) is 11.3 Å². The second-order valence-electron chi connectivity index (χ2n) is 9.86. The largest absolute Gasteiger partial charge is 0.481 e. The van der Waals surface area contributed by atoms with Crippen LogP contribution in [0, 0.1) is 6.92 Å². The Hall–Kier alpha value is -4.20. The molecule has 1 aromatic carbocycles. The Bertz CT molecular complexity index is 1310. The fraction of sp³-hybridized carbons (Fsp3) is 0.462. The number of rotatable bonds is 5. The van der Waals surface area contributed by atoms with E-state index in [4.69, 9.17) is 24.9 Å². The molecule has 41 heavy (non-hydrogen) atoms. The van der Waals surface area contributed by atoms with Gasteiger partial charge in [0, 0.05) is 24.8 Å². The number of nitrogens with one attached hydrogen (secondary N) is 1. The number of carboxylic acids is 2. The maximum Gasteiger partial charge on any atom is 0.416 e. The minimum Gasteiger partial charge on any atom is -0.481 e. The van der Waals surface area contributed by atoms with Crippen molar-refractivity contribution in [2.24, 2.45) is 0 Å². The summed E-state index contributed by atoms with van der Waals surface area (Å²) in [6.45, 7) is 3.49. The number of aryl methyl sites for hydroxylation is 1. The maximum atomic E-state index is 12.8. The van der Waals surface area contributed by atoms with E-state index < -0.39 is 41.2 Å². The summed E-state index contributed by atoms with van der Waals surface area (Å²) >= 11 is 0. The average molecular weight is 583 g/mol. The van der Waals surface area contributed by atoms with Gasteiger partial charge in [0.1, 0.15) is 11.4 Å². The van der Waals surface area contributed by atoms with E-state index in [0.29, 0.717) is 17.1 Å². The number of likely N-dealkylation sites (N-methyl/N-ethyl adjacent to an activating group) is 1. The molecule has 2 fully saturated rings. The van der Waals surface area contributed by atoms with Crippen molar-refractivity contribution in [3.63, 3.8) is 0 Å². The molecule has 1 aromatic heterocycles. The first-order valence-electron chi connectivity index (χ1n) is 12.2. The minimum atomic E-state index is -4.37. The molecule has 4 N–H and O–H groups in total. The molecule has 15 heteroatoms. The predicted octanol–water partition coefficient (Wildman–Crippen LogP) is 2.21. The van der Waals surface area contributed by atoms with Crippen LogP contribution in [-0.2, 0) is 30.1 Å². The molecule has 1 unspecified atom stereocenters. The number of carbonyl (C=O) groups is 3. The fourth-order valence-corrected chi connectivity index (χ4v) is 4.46. The molecule has 3 heterocycles. The first-order valence-corrected chi connectivity index (χ1v) is 12.2. The number of alkyl halides is 3. The lowest BCUT2D eigenvalue weighted by Gasteiger charge is -2.23. The van der Waals surface area contributed by atoms with Crippen molar-refractivity contribution in [3.05, 3.63) is 47.4 Å². The van der Waals surface area contributed by atoms with Gasteiger partial charge in [0.15, 0.2) is 5.60 Å². The van der Waals surface area contributed by atoms with E-state index in [1.54, 1.807) is 18.0 Å². The summed E-state index contributed by atoms with van der Waals surface area (Å²) in [4.78, 5) is 59.5. The van der Waals surface area contributed by atoms with Crippen LogP contribution in [0.1, 0.15) is 55.7 Å². The predicted molar refractivity (Wildman–Crippen MR) is 133 cm³/mol. The van der Waals surface area contributed by atoms with E-state index in [9.17, 15) is 27.6 Å². The summed E-state index contributed by atoms with van der Waals surface area (Å²) in [6, 6.07) is 6.57. The second-order valence-corrected chi connectivity index (χ2v) is 9.86. The van der Waals surface area contributed by atoms with Crippen LogP contribution in [0.5, 0.6) is 0 Å². The highest BCUT2D eigenvalue weighted by Crippen LogP contribution is 2.38. The van der Waals surface area contributed by atoms with Crippen molar-refractivity contribution in [1.82, 2.24) is 20.2 Å². The highest BCUT2D eigenvalue weighted by atomic mass is 19.4. The van der Waals surface area contributed by atoms with Gasteiger partial charge in [0.25, 0.3) is 0 Å². The zero-order chi connectivity index (χ0) is 31.2. The van der Waals surface area contributed by atoms with Gasteiger partial charge in [0.05, 0.1) is 23.7 Å². The molecular weight excluding hydrogens is 553 g/mol. The third-order valence-corrected chi connectivity index (χ3v) is 6.59. The zero-order valence-corrected chi connectivity index (χ0v) is 22.4. The highest BCUT2D eigenvalue weighted by Gasteiger charge is 2.50. The molecule has 222 valence electrons. The Kier molecular flexibility index (Phi) is 10.4. The van der Waals surface area contributed by atoms with Crippen LogP contribution in [0.2, 0.25) is 0 Å². The van der Waals surface area contributed by atoms with Crippen LogP contribution in [-0.4, -0.2) is 78.9 Å². The van der Waals surface area contributed by atoms with Gasteiger partial charge in [-0.3, -0.25) is 14.9 Å². The number of aliphatic hydroxyl groups is 1. The topological polar surface area (TPSA) is 187 Å². The van der Waals surface area contributed by atoms with Crippen molar-refractivity contribution in [2.75, 3.05) is 13.6 Å². The van der Waals surface area contributed by atoms with E-state index in [2.05, 4.69) is 15.3 Å². The number of hydrogen-bond donors (Lipinski definition) is 4. The lowest BCUT2D eigenvalue weighted by molar-refractivity contribution is -0.191. The molecule has 1 amide bonds. The van der Waals surface area contributed by atoms with E-state index in [1.807, 2.05) is 6.92 Å². The van der Waals surface area contributed by atoms with Crippen molar-refractivity contribution < 1.29 is 52.5 Å². The molecule has 2 aliphatic heterocycles. The SMILES string of the molecule is CC(O)(CC(=O)O)C(=O)O.Cc1cc(-c2ccc(C(F)(F)F)cc2)nc([C@H]2CC[C@@]3(CCN(C)C3=O)N2)n1.O=C=O. The van der Waals surface area contributed by atoms with Gasteiger partial charge >= 0.3 is 24.3 Å². The number of carbonyl (C=O) groups excluding carboxylic acids is 3. The Morgan fingerprint density at radius 3 is 2.17 bits per heavy atom. The van der Waals surface area contributed by atoms with Gasteiger partial charge in [0.2, 0.25) is 5.91 Å². The number of likely N-dealkylation sites (tertiary alicyclic amines) is 1. The summed E-state index contributed by atoms with van der Waals surface area (Å²) < 4.78 is 38.4. The number of carboxylic acid groups (broad SMARTS) is 2. The van der Waals surface area contributed by atoms with Gasteiger partial charge in [-0.2, -0.15) is 22.8 Å². The maximum absolute atomic E-state index is 12.8. The Balaban J connectivity index is 0.000000382. The molecule has 2 aromatic rings. The van der Waals surface area contributed by atoms with Gasteiger partial charge in [-0.15, -0.1) is 0 Å². The summed E-state index contributed by atoms with van der Waals surface area (Å²) in [6.07, 6.45) is -2.67. The van der Waals surface area contributed by atoms with E-state index in [-0.39, 0.29) is 18.1 Å². The Labute approximate surface area is 232 Å². The Morgan fingerprint density at radius 2 is 1.73 bits per heavy atom. The van der Waals surface area contributed by atoms with Crippen molar-refractivity contribution in [1.29, 1.82) is 0 Å². The third-order valence-electron chi connectivity index (χ3n) is 6.59. The highest BCUT2D eigenvalue weighted by molar-refractivity contribution is 5.88. The summed E-state index contributed by atoms with van der Waals surface area (Å²) in [5, 5.41) is 28.5. The first kappa shape index (κ1) is 33.0. The van der Waals surface area contributed by atoms with Crippen LogP contribution in [0.15, 0.2) is 30.3 Å². The van der Waals surface area contributed by atoms with Gasteiger partial charge in [-0.25, -0.2) is 14.8 Å². The third kappa shape index (κ3) is 8.39. The molecule has 0 bridgehead atoms. The molecule has 1 spiro atoms. The smallest absolute Gasteiger partial charge is 0.416 e. The van der Waals surface area contributed by atoms with Gasteiger partial charge in [-0.1, -0.05) is 12.1 Å².